The van der Waals surface area contributed by atoms with Gasteiger partial charge < -0.3 is 5.32 Å². The number of amides is 1. The molecule has 128 valence electrons. The predicted octanol–water partition coefficient (Wildman–Crippen LogP) is 1.65. The van der Waals surface area contributed by atoms with E-state index in [-0.39, 0.29) is 17.9 Å². The topological polar surface area (TPSA) is 88.2 Å². The van der Waals surface area contributed by atoms with Gasteiger partial charge in [-0.1, -0.05) is 26.3 Å². The van der Waals surface area contributed by atoms with Crippen molar-refractivity contribution in [1.29, 1.82) is 0 Å². The molecule has 2 N–H and O–H groups in total. The summed E-state index contributed by atoms with van der Waals surface area (Å²) in [5, 5.41) is 2.99. The largest absolute Gasteiger partial charge is 0.348 e. The van der Waals surface area contributed by atoms with E-state index in [1.807, 2.05) is 6.07 Å². The summed E-state index contributed by atoms with van der Waals surface area (Å²) < 4.78 is 25.0. The lowest BCUT2D eigenvalue weighted by Crippen LogP contribution is -2.42. The molecule has 1 amide bonds. The molecule has 0 aliphatic heterocycles. The van der Waals surface area contributed by atoms with Crippen molar-refractivity contribution in [2.75, 3.05) is 12.8 Å². The number of aromatic nitrogens is 1. The van der Waals surface area contributed by atoms with Crippen molar-refractivity contribution in [2.45, 2.75) is 45.1 Å². The van der Waals surface area contributed by atoms with Gasteiger partial charge in [-0.15, -0.1) is 0 Å². The molecule has 1 heterocycles. The summed E-state index contributed by atoms with van der Waals surface area (Å²) in [4.78, 5) is 16.5. The van der Waals surface area contributed by atoms with Gasteiger partial charge in [0.05, 0.1) is 6.26 Å². The van der Waals surface area contributed by atoms with Gasteiger partial charge in [0.2, 0.25) is 10.0 Å². The molecule has 1 aliphatic carbocycles. The Morgan fingerprint density at radius 2 is 2.09 bits per heavy atom. The lowest BCUT2D eigenvalue weighted by Gasteiger charge is -2.21. The number of hydrogen-bond acceptors (Lipinski definition) is 4. The van der Waals surface area contributed by atoms with Gasteiger partial charge in [-0.2, -0.15) is 0 Å². The van der Waals surface area contributed by atoms with Crippen molar-refractivity contribution in [2.24, 2.45) is 5.92 Å². The third-order valence-corrected chi connectivity index (χ3v) is 4.96. The zero-order valence-corrected chi connectivity index (χ0v) is 14.7. The smallest absolute Gasteiger partial charge is 0.270 e. The second-order valence-corrected chi connectivity index (χ2v) is 8.36. The van der Waals surface area contributed by atoms with Crippen molar-refractivity contribution in [1.82, 2.24) is 15.0 Å². The van der Waals surface area contributed by atoms with E-state index in [9.17, 15) is 13.2 Å². The number of rotatable bonds is 6. The van der Waals surface area contributed by atoms with Gasteiger partial charge in [0.25, 0.3) is 5.91 Å². The number of nitrogens with one attached hydrogen (secondary N) is 2. The van der Waals surface area contributed by atoms with E-state index in [0.29, 0.717) is 18.2 Å². The minimum absolute atomic E-state index is 0.0108. The second-order valence-electron chi connectivity index (χ2n) is 6.52. The molecule has 2 rings (SSSR count). The highest BCUT2D eigenvalue weighted by molar-refractivity contribution is 7.88. The normalized spacial score (nSPS) is 21.6. The van der Waals surface area contributed by atoms with Crippen LogP contribution in [0.15, 0.2) is 18.3 Å². The van der Waals surface area contributed by atoms with Crippen LogP contribution in [-0.4, -0.2) is 38.2 Å². The highest BCUT2D eigenvalue weighted by Crippen LogP contribution is 2.25. The van der Waals surface area contributed by atoms with Crippen LogP contribution in [0, 0.1) is 5.92 Å². The van der Waals surface area contributed by atoms with E-state index in [0.717, 1.165) is 31.1 Å². The maximum atomic E-state index is 12.3. The lowest BCUT2D eigenvalue weighted by atomic mass is 10.0. The average Bonchev–Trinajstić information content (AvgIpc) is 2.91. The Kier molecular flexibility index (Phi) is 5.75. The fourth-order valence-corrected chi connectivity index (χ4v) is 3.37. The van der Waals surface area contributed by atoms with Crippen LogP contribution in [0.2, 0.25) is 0 Å². The molecule has 7 heteroatoms. The monoisotopic (exact) mass is 339 g/mol. The van der Waals surface area contributed by atoms with Crippen LogP contribution in [0.4, 0.5) is 0 Å². The second kappa shape index (κ2) is 7.40. The number of sulfonamides is 1. The van der Waals surface area contributed by atoms with Gasteiger partial charge in [-0.25, -0.2) is 13.1 Å². The van der Waals surface area contributed by atoms with E-state index >= 15 is 0 Å². The van der Waals surface area contributed by atoms with Crippen LogP contribution in [0.1, 0.15) is 55.1 Å². The third kappa shape index (κ3) is 5.28. The molecule has 0 saturated heterocycles. The Hall–Kier alpha value is -1.47. The van der Waals surface area contributed by atoms with Crippen LogP contribution in [-0.2, 0) is 10.0 Å². The molecular formula is C16H25N3O3S. The fraction of sp³-hybridized carbons (Fsp3) is 0.625. The molecule has 6 nitrogen and oxygen atoms in total. The van der Waals surface area contributed by atoms with Crippen molar-refractivity contribution in [3.63, 3.8) is 0 Å². The molecule has 0 aromatic carbocycles. The van der Waals surface area contributed by atoms with E-state index in [1.54, 1.807) is 12.3 Å². The SMILES string of the molecule is CC(C)c1ccc(C(=O)NC2CCCC2CNS(C)(=O)=O)nc1. The number of pyridine rings is 1. The highest BCUT2D eigenvalue weighted by Gasteiger charge is 2.29. The Labute approximate surface area is 138 Å². The van der Waals surface area contributed by atoms with Crippen LogP contribution in [0.3, 0.4) is 0 Å². The summed E-state index contributed by atoms with van der Waals surface area (Å²) in [6.07, 6.45) is 5.65. The predicted molar refractivity (Wildman–Crippen MR) is 89.8 cm³/mol. The van der Waals surface area contributed by atoms with Crippen LogP contribution in [0.25, 0.3) is 0 Å². The first-order valence-electron chi connectivity index (χ1n) is 7.97. The van der Waals surface area contributed by atoms with Gasteiger partial charge in [-0.3, -0.25) is 9.78 Å². The average molecular weight is 339 g/mol. The molecule has 1 aromatic rings. The minimum Gasteiger partial charge on any atom is -0.348 e. The molecular weight excluding hydrogens is 314 g/mol. The van der Waals surface area contributed by atoms with E-state index < -0.39 is 10.0 Å². The zero-order valence-electron chi connectivity index (χ0n) is 13.9. The quantitative estimate of drug-likeness (QED) is 0.825. The Bertz CT molecular complexity index is 641. The van der Waals surface area contributed by atoms with Gasteiger partial charge in [0.15, 0.2) is 0 Å². The first kappa shape index (κ1) is 17.9. The molecule has 23 heavy (non-hydrogen) atoms. The molecule has 1 aliphatic rings. The maximum Gasteiger partial charge on any atom is 0.270 e. The maximum absolute atomic E-state index is 12.3. The molecule has 1 fully saturated rings. The minimum atomic E-state index is -3.20. The van der Waals surface area contributed by atoms with E-state index in [4.69, 9.17) is 0 Å². The summed E-state index contributed by atoms with van der Waals surface area (Å²) in [5.74, 6) is 0.307. The van der Waals surface area contributed by atoms with Crippen LogP contribution >= 0.6 is 0 Å². The Morgan fingerprint density at radius 1 is 1.35 bits per heavy atom. The summed E-state index contributed by atoms with van der Waals surface area (Å²) in [7, 11) is -3.20. The summed E-state index contributed by atoms with van der Waals surface area (Å²) in [6.45, 7) is 4.52. The highest BCUT2D eigenvalue weighted by atomic mass is 32.2. The van der Waals surface area contributed by atoms with Gasteiger partial charge >= 0.3 is 0 Å². The van der Waals surface area contributed by atoms with Crippen molar-refractivity contribution < 1.29 is 13.2 Å². The first-order chi connectivity index (χ1) is 10.8. The number of hydrogen-bond donors (Lipinski definition) is 2. The van der Waals surface area contributed by atoms with E-state index in [2.05, 4.69) is 28.9 Å². The number of nitrogens with zero attached hydrogens (tertiary/aromatic N) is 1. The van der Waals surface area contributed by atoms with Crippen LogP contribution in [0.5, 0.6) is 0 Å². The first-order valence-corrected chi connectivity index (χ1v) is 9.87. The lowest BCUT2D eigenvalue weighted by molar-refractivity contribution is 0.0923. The molecule has 1 aromatic heterocycles. The van der Waals surface area contributed by atoms with E-state index in [1.165, 1.54) is 0 Å². The summed E-state index contributed by atoms with van der Waals surface area (Å²) in [5.41, 5.74) is 1.49. The summed E-state index contributed by atoms with van der Waals surface area (Å²) >= 11 is 0. The molecule has 2 atom stereocenters. The fourth-order valence-electron chi connectivity index (χ4n) is 2.85. The molecule has 0 spiro atoms. The van der Waals surface area contributed by atoms with Crippen LogP contribution < -0.4 is 10.0 Å². The number of carbonyl (C=O) groups excluding carboxylic acids is 1. The van der Waals surface area contributed by atoms with Crippen molar-refractivity contribution in [3.8, 4) is 0 Å². The third-order valence-electron chi connectivity index (χ3n) is 4.27. The van der Waals surface area contributed by atoms with Gasteiger partial charge in [-0.05, 0) is 36.3 Å². The van der Waals surface area contributed by atoms with Gasteiger partial charge in [0.1, 0.15) is 5.69 Å². The number of carbonyl (C=O) groups is 1. The standard InChI is InChI=1S/C16H25N3O3S/c1-11(2)12-7-8-15(17-9-12)16(20)19-14-6-4-5-13(14)10-18-23(3,21)22/h7-9,11,13-14,18H,4-6,10H2,1-3H3,(H,19,20). The molecule has 0 bridgehead atoms. The Morgan fingerprint density at radius 3 is 2.65 bits per heavy atom. The molecule has 0 radical (unpaired) electrons. The summed E-state index contributed by atoms with van der Waals surface area (Å²) in [6, 6.07) is 3.65. The van der Waals surface area contributed by atoms with Gasteiger partial charge in [0, 0.05) is 18.8 Å². The van der Waals surface area contributed by atoms with Crippen molar-refractivity contribution >= 4 is 15.9 Å². The Balaban J connectivity index is 1.95. The molecule has 2 unspecified atom stereocenters. The molecule has 1 saturated carbocycles. The van der Waals surface area contributed by atoms with Crippen molar-refractivity contribution in [3.05, 3.63) is 29.6 Å². The zero-order chi connectivity index (χ0) is 17.0.